The van der Waals surface area contributed by atoms with Gasteiger partial charge in [0.05, 0.1) is 27.8 Å². The zero-order valence-corrected chi connectivity index (χ0v) is 27.0. The lowest BCUT2D eigenvalue weighted by Gasteiger charge is -2.12. The summed E-state index contributed by atoms with van der Waals surface area (Å²) in [5.41, 5.74) is 12.3. The Labute approximate surface area is 288 Å². The molecule has 50 heavy (non-hydrogen) atoms. The summed E-state index contributed by atoms with van der Waals surface area (Å²) in [6.07, 6.45) is 0. The number of rotatable bonds is 5. The molecule has 3 heterocycles. The number of hydrogen-bond acceptors (Lipinski definition) is 3. The Morgan fingerprint density at radius 1 is 0.400 bits per heavy atom. The summed E-state index contributed by atoms with van der Waals surface area (Å²) >= 11 is 0. The minimum Gasteiger partial charge on any atom is -0.456 e. The fourth-order valence-corrected chi connectivity index (χ4v) is 7.24. The van der Waals surface area contributed by atoms with E-state index in [1.54, 1.807) is 0 Å². The first-order valence-electron chi connectivity index (χ1n) is 16.8. The monoisotopic (exact) mass is 639 g/mol. The van der Waals surface area contributed by atoms with E-state index in [1.807, 2.05) is 48.5 Å². The third kappa shape index (κ3) is 4.61. The fourth-order valence-electron chi connectivity index (χ4n) is 7.24. The smallest absolute Gasteiger partial charge is 0.160 e. The molecule has 0 aliphatic carbocycles. The van der Waals surface area contributed by atoms with Crippen molar-refractivity contribution >= 4 is 43.7 Å². The molecule has 0 spiro atoms. The van der Waals surface area contributed by atoms with Crippen LogP contribution in [0.15, 0.2) is 180 Å². The van der Waals surface area contributed by atoms with Gasteiger partial charge in [-0.3, -0.25) is 0 Å². The molecular weight excluding hydrogens is 611 g/mol. The van der Waals surface area contributed by atoms with Gasteiger partial charge in [0, 0.05) is 38.5 Å². The van der Waals surface area contributed by atoms with Crippen LogP contribution in [0.3, 0.4) is 0 Å². The molecule has 0 atom stereocenters. The standard InChI is InChI=1S/C46H29N3O/c1-4-12-30(13-5-1)34-22-26-41-38(28-34)36-25-27-43-44(37-18-10-11-19-42(37)50-43)45(36)49(41)35-23-20-32(21-24-35)40-29-39(31-14-6-2-7-15-31)47-46(48-40)33-16-8-3-9-17-33/h1-29H. The van der Waals surface area contributed by atoms with Crippen molar-refractivity contribution in [3.8, 4) is 50.7 Å². The van der Waals surface area contributed by atoms with Gasteiger partial charge in [-0.25, -0.2) is 9.97 Å². The molecule has 0 amide bonds. The van der Waals surface area contributed by atoms with Crippen LogP contribution in [-0.4, -0.2) is 14.5 Å². The van der Waals surface area contributed by atoms with Crippen molar-refractivity contribution < 1.29 is 4.42 Å². The molecule has 0 saturated carbocycles. The normalized spacial score (nSPS) is 11.6. The molecule has 0 bridgehead atoms. The lowest BCUT2D eigenvalue weighted by atomic mass is 10.0. The number of nitrogens with zero attached hydrogens (tertiary/aromatic N) is 3. The van der Waals surface area contributed by atoms with Crippen molar-refractivity contribution in [3.05, 3.63) is 176 Å². The molecule has 0 aliphatic heterocycles. The molecule has 0 unspecified atom stereocenters. The summed E-state index contributed by atoms with van der Waals surface area (Å²) in [5, 5.41) is 4.63. The Kier molecular flexibility index (Phi) is 6.46. The maximum atomic E-state index is 6.39. The maximum absolute atomic E-state index is 6.39. The summed E-state index contributed by atoms with van der Waals surface area (Å²) in [4.78, 5) is 10.0. The van der Waals surface area contributed by atoms with E-state index < -0.39 is 0 Å². The van der Waals surface area contributed by atoms with Gasteiger partial charge in [0.2, 0.25) is 0 Å². The SMILES string of the molecule is c1ccc(-c2ccc3c(c2)c2ccc4oc5ccccc5c4c2n3-c2ccc(-c3cc(-c4ccccc4)nc(-c4ccccc4)n3)cc2)cc1. The molecule has 7 aromatic carbocycles. The van der Waals surface area contributed by atoms with Crippen molar-refractivity contribution in [1.82, 2.24) is 14.5 Å². The van der Waals surface area contributed by atoms with Crippen LogP contribution in [0.4, 0.5) is 0 Å². The second-order valence-electron chi connectivity index (χ2n) is 12.6. The first kappa shape index (κ1) is 28.3. The zero-order chi connectivity index (χ0) is 33.0. The molecule has 4 heteroatoms. The van der Waals surface area contributed by atoms with E-state index in [0.29, 0.717) is 5.82 Å². The molecule has 4 nitrogen and oxygen atoms in total. The lowest BCUT2D eigenvalue weighted by Crippen LogP contribution is -1.97. The van der Waals surface area contributed by atoms with Crippen molar-refractivity contribution in [3.63, 3.8) is 0 Å². The number of benzene rings is 7. The number of para-hydroxylation sites is 1. The van der Waals surface area contributed by atoms with Crippen LogP contribution in [0, 0.1) is 0 Å². The largest absolute Gasteiger partial charge is 0.456 e. The highest BCUT2D eigenvalue weighted by Gasteiger charge is 2.20. The minimum atomic E-state index is 0.705. The molecule has 0 radical (unpaired) electrons. The highest BCUT2D eigenvalue weighted by Crippen LogP contribution is 2.42. The van der Waals surface area contributed by atoms with E-state index in [1.165, 1.54) is 21.9 Å². The van der Waals surface area contributed by atoms with Crippen LogP contribution in [0.1, 0.15) is 0 Å². The number of hydrogen-bond donors (Lipinski definition) is 0. The average Bonchev–Trinajstić information content (AvgIpc) is 3.74. The molecule has 10 aromatic rings. The highest BCUT2D eigenvalue weighted by molar-refractivity contribution is 6.24. The molecule has 0 fully saturated rings. The quantitative estimate of drug-likeness (QED) is 0.188. The Balaban J connectivity index is 1.18. The van der Waals surface area contributed by atoms with E-state index in [-0.39, 0.29) is 0 Å². The van der Waals surface area contributed by atoms with E-state index in [9.17, 15) is 0 Å². The molecule has 10 rings (SSSR count). The van der Waals surface area contributed by atoms with Crippen molar-refractivity contribution in [2.45, 2.75) is 0 Å². The third-order valence-electron chi connectivity index (χ3n) is 9.62. The fraction of sp³-hybridized carbons (Fsp3) is 0. The lowest BCUT2D eigenvalue weighted by molar-refractivity contribution is 0.669. The third-order valence-corrected chi connectivity index (χ3v) is 9.62. The summed E-state index contributed by atoms with van der Waals surface area (Å²) in [6.45, 7) is 0. The van der Waals surface area contributed by atoms with Crippen LogP contribution in [0.25, 0.3) is 94.5 Å². The number of furan rings is 1. The number of fused-ring (bicyclic) bond motifs is 7. The first-order chi connectivity index (χ1) is 24.8. The van der Waals surface area contributed by atoms with Crippen LogP contribution < -0.4 is 0 Å². The minimum absolute atomic E-state index is 0.705. The van der Waals surface area contributed by atoms with Crippen LogP contribution in [-0.2, 0) is 0 Å². The van der Waals surface area contributed by atoms with Crippen molar-refractivity contribution in [1.29, 1.82) is 0 Å². The maximum Gasteiger partial charge on any atom is 0.160 e. The Morgan fingerprint density at radius 2 is 1.00 bits per heavy atom. The Morgan fingerprint density at radius 3 is 1.72 bits per heavy atom. The van der Waals surface area contributed by atoms with Gasteiger partial charge in [-0.2, -0.15) is 0 Å². The van der Waals surface area contributed by atoms with Gasteiger partial charge in [-0.05, 0) is 59.7 Å². The van der Waals surface area contributed by atoms with Crippen molar-refractivity contribution in [2.24, 2.45) is 0 Å². The molecule has 0 N–H and O–H groups in total. The molecule has 234 valence electrons. The predicted molar refractivity (Wildman–Crippen MR) is 205 cm³/mol. The predicted octanol–water partition coefficient (Wildman–Crippen LogP) is 12.1. The van der Waals surface area contributed by atoms with Crippen LogP contribution >= 0.6 is 0 Å². The van der Waals surface area contributed by atoms with Crippen LogP contribution in [0.2, 0.25) is 0 Å². The first-order valence-corrected chi connectivity index (χ1v) is 16.8. The number of aromatic nitrogens is 3. The molecule has 3 aromatic heterocycles. The highest BCUT2D eigenvalue weighted by atomic mass is 16.3. The summed E-state index contributed by atoms with van der Waals surface area (Å²) in [5.74, 6) is 0.705. The van der Waals surface area contributed by atoms with Crippen LogP contribution in [0.5, 0.6) is 0 Å². The van der Waals surface area contributed by atoms with Gasteiger partial charge in [0.1, 0.15) is 11.2 Å². The van der Waals surface area contributed by atoms with Gasteiger partial charge in [0.25, 0.3) is 0 Å². The van der Waals surface area contributed by atoms with E-state index in [4.69, 9.17) is 14.4 Å². The second kappa shape index (κ2) is 11.4. The Hall–Kier alpha value is -6.78. The van der Waals surface area contributed by atoms with Crippen molar-refractivity contribution in [2.75, 3.05) is 0 Å². The zero-order valence-electron chi connectivity index (χ0n) is 27.0. The van der Waals surface area contributed by atoms with Gasteiger partial charge < -0.3 is 8.98 Å². The van der Waals surface area contributed by atoms with Gasteiger partial charge in [0.15, 0.2) is 5.82 Å². The summed E-state index contributed by atoms with van der Waals surface area (Å²) in [6, 6.07) is 61.3. The second-order valence-corrected chi connectivity index (χ2v) is 12.6. The molecular formula is C46H29N3O. The van der Waals surface area contributed by atoms with Gasteiger partial charge >= 0.3 is 0 Å². The van der Waals surface area contributed by atoms with E-state index in [2.05, 4.69) is 132 Å². The van der Waals surface area contributed by atoms with E-state index >= 15 is 0 Å². The molecule has 0 saturated heterocycles. The summed E-state index contributed by atoms with van der Waals surface area (Å²) in [7, 11) is 0. The molecule has 0 aliphatic rings. The topological polar surface area (TPSA) is 43.9 Å². The van der Waals surface area contributed by atoms with Gasteiger partial charge in [-0.15, -0.1) is 0 Å². The average molecular weight is 640 g/mol. The summed E-state index contributed by atoms with van der Waals surface area (Å²) < 4.78 is 8.77. The van der Waals surface area contributed by atoms with E-state index in [0.717, 1.165) is 66.7 Å². The van der Waals surface area contributed by atoms with Gasteiger partial charge in [-0.1, -0.05) is 127 Å². The Bertz CT molecular complexity index is 2780.